The van der Waals surface area contributed by atoms with Gasteiger partial charge in [0.15, 0.2) is 5.78 Å². The molecule has 0 N–H and O–H groups in total. The summed E-state index contributed by atoms with van der Waals surface area (Å²) in [4.78, 5) is 25.9. The minimum atomic E-state index is -0.367. The lowest BCUT2D eigenvalue weighted by Crippen LogP contribution is -2.06. The number of rotatable bonds is 13. The van der Waals surface area contributed by atoms with Gasteiger partial charge in [0, 0.05) is 27.5 Å². The summed E-state index contributed by atoms with van der Waals surface area (Å²) in [7, 11) is 1.40. The van der Waals surface area contributed by atoms with Gasteiger partial charge in [-0.1, -0.05) is 64.7 Å². The smallest absolute Gasteiger partial charge is 0.339 e. The van der Waals surface area contributed by atoms with Gasteiger partial charge in [-0.05, 0) is 50.4 Å². The molecule has 0 atom stereocenters. The number of Topliss-reactive ketones (excluding diaryl/α,β-unsaturated/α-hetero) is 1. The van der Waals surface area contributed by atoms with E-state index in [1.54, 1.807) is 0 Å². The predicted octanol–water partition coefficient (Wildman–Crippen LogP) is 9.92. The number of benzene rings is 1. The summed E-state index contributed by atoms with van der Waals surface area (Å²) in [5.41, 5.74) is 1.29. The summed E-state index contributed by atoms with van der Waals surface area (Å²) in [5, 5.41) is 1.64. The van der Waals surface area contributed by atoms with Crippen molar-refractivity contribution in [2.24, 2.45) is 0 Å². The van der Waals surface area contributed by atoms with Crippen LogP contribution in [0.25, 0.3) is 20.2 Å². The zero-order valence-corrected chi connectivity index (χ0v) is 23.5. The molecule has 1 aromatic carbocycles. The maximum Gasteiger partial charge on any atom is 0.339 e. The van der Waals surface area contributed by atoms with Crippen LogP contribution in [-0.2, 0) is 4.74 Å². The zero-order valence-electron chi connectivity index (χ0n) is 18.7. The first-order chi connectivity index (χ1) is 15.5. The number of esters is 1. The molecule has 0 amide bonds. The van der Waals surface area contributed by atoms with Crippen molar-refractivity contribution < 1.29 is 14.3 Å². The van der Waals surface area contributed by atoms with Crippen LogP contribution in [0.2, 0.25) is 0 Å². The molecule has 0 bridgehead atoms. The van der Waals surface area contributed by atoms with E-state index in [4.69, 9.17) is 4.74 Å². The van der Waals surface area contributed by atoms with Crippen LogP contribution in [0.5, 0.6) is 0 Å². The van der Waals surface area contributed by atoms with Crippen molar-refractivity contribution in [2.45, 2.75) is 77.6 Å². The number of carbonyl (C=O) groups is 2. The summed E-state index contributed by atoms with van der Waals surface area (Å²) >= 11 is 10.1. The highest BCUT2D eigenvalue weighted by Crippen LogP contribution is 2.44. The van der Waals surface area contributed by atoms with Crippen molar-refractivity contribution >= 4 is 86.5 Å². The molecule has 3 nitrogen and oxygen atoms in total. The second kappa shape index (κ2) is 12.6. The van der Waals surface area contributed by atoms with E-state index in [1.165, 1.54) is 81.1 Å². The number of halogens is 2. The van der Waals surface area contributed by atoms with E-state index in [0.29, 0.717) is 12.0 Å². The van der Waals surface area contributed by atoms with E-state index in [-0.39, 0.29) is 11.8 Å². The van der Waals surface area contributed by atoms with Crippen molar-refractivity contribution in [3.05, 3.63) is 30.8 Å². The number of fused-ring (bicyclic) bond motifs is 2. The van der Waals surface area contributed by atoms with Crippen LogP contribution in [0.3, 0.4) is 0 Å². The molecule has 0 unspecified atom stereocenters. The van der Waals surface area contributed by atoms with Gasteiger partial charge in [0.25, 0.3) is 0 Å². The lowest BCUT2D eigenvalue weighted by atomic mass is 9.96. The van der Waals surface area contributed by atoms with Crippen molar-refractivity contribution in [1.29, 1.82) is 0 Å². The van der Waals surface area contributed by atoms with Gasteiger partial charge in [-0.15, -0.1) is 22.7 Å². The number of methoxy groups -OCH3 is 1. The number of hydrogen-bond donors (Lipinski definition) is 0. The van der Waals surface area contributed by atoms with E-state index in [9.17, 15) is 9.59 Å². The molecule has 0 aliphatic carbocycles. The van der Waals surface area contributed by atoms with Crippen LogP contribution in [0.15, 0.2) is 19.7 Å². The first-order valence-electron chi connectivity index (χ1n) is 11.4. The Hall–Kier alpha value is -0.760. The molecule has 174 valence electrons. The quantitative estimate of drug-likeness (QED) is 0.111. The summed E-state index contributed by atoms with van der Waals surface area (Å²) in [6, 6.07) is 3.89. The average molecular weight is 602 g/mol. The molecule has 3 aromatic rings. The van der Waals surface area contributed by atoms with Gasteiger partial charge in [0.2, 0.25) is 0 Å². The van der Waals surface area contributed by atoms with E-state index >= 15 is 0 Å². The number of thiophene rings is 2. The lowest BCUT2D eigenvalue weighted by molar-refractivity contribution is 0.0605. The second-order valence-corrected chi connectivity index (χ2v) is 13.0. The predicted molar refractivity (Wildman–Crippen MR) is 145 cm³/mol. The van der Waals surface area contributed by atoms with Gasteiger partial charge in [0.1, 0.15) is 0 Å². The Balaban J connectivity index is 1.70. The van der Waals surface area contributed by atoms with Gasteiger partial charge in [-0.2, -0.15) is 0 Å². The number of ether oxygens (including phenoxy) is 1. The average Bonchev–Trinajstić information content (AvgIpc) is 3.33. The van der Waals surface area contributed by atoms with E-state index in [2.05, 4.69) is 38.8 Å². The van der Waals surface area contributed by atoms with Crippen LogP contribution < -0.4 is 0 Å². The van der Waals surface area contributed by atoms with Crippen molar-refractivity contribution in [2.75, 3.05) is 7.11 Å². The Bertz CT molecular complexity index is 1030. The Morgan fingerprint density at radius 1 is 0.781 bits per heavy atom. The summed E-state index contributed by atoms with van der Waals surface area (Å²) in [6.45, 7) is 2.25. The molecular formula is C25H30Br2O3S2. The molecule has 32 heavy (non-hydrogen) atoms. The first kappa shape index (κ1) is 25.9. The molecule has 0 spiro atoms. The Kier molecular flexibility index (Phi) is 10.2. The van der Waals surface area contributed by atoms with Crippen molar-refractivity contribution in [1.82, 2.24) is 0 Å². The minimum Gasteiger partial charge on any atom is -0.465 e. The maximum atomic E-state index is 13.3. The zero-order chi connectivity index (χ0) is 23.1. The largest absolute Gasteiger partial charge is 0.465 e. The highest BCUT2D eigenvalue weighted by Gasteiger charge is 2.26. The van der Waals surface area contributed by atoms with Gasteiger partial charge in [0.05, 0.1) is 24.9 Å². The first-order valence-corrected chi connectivity index (χ1v) is 14.6. The molecule has 0 saturated carbocycles. The topological polar surface area (TPSA) is 43.4 Å². The number of unbranched alkanes of at least 4 members (excludes halogenated alkanes) is 9. The maximum absolute atomic E-state index is 13.3. The molecule has 7 heteroatoms. The second-order valence-electron chi connectivity index (χ2n) is 8.18. The summed E-state index contributed by atoms with van der Waals surface area (Å²) in [6.07, 6.45) is 13.0. The molecule has 2 heterocycles. The van der Waals surface area contributed by atoms with Gasteiger partial charge in [-0.25, -0.2) is 4.79 Å². The standard InChI is InChI=1S/C25H30Br2O3S2/c1-3-4-5-6-7-8-9-10-11-12-13-18(28)21-16-14-19(26)32-24(16)22(25(29)30-2)17-15-20(27)31-23(17)21/h14-15H,3-13H2,1-2H3. The fourth-order valence-electron chi connectivity index (χ4n) is 4.19. The van der Waals surface area contributed by atoms with Gasteiger partial charge < -0.3 is 4.74 Å². The van der Waals surface area contributed by atoms with Gasteiger partial charge in [-0.3, -0.25) is 4.79 Å². The molecular weight excluding hydrogens is 572 g/mol. The fourth-order valence-corrected chi connectivity index (χ4v) is 7.52. The summed E-state index contributed by atoms with van der Waals surface area (Å²) < 4.78 is 8.56. The van der Waals surface area contributed by atoms with Crippen molar-refractivity contribution in [3.63, 3.8) is 0 Å². The molecule has 0 saturated heterocycles. The van der Waals surface area contributed by atoms with Crippen molar-refractivity contribution in [3.8, 4) is 0 Å². The minimum absolute atomic E-state index is 0.163. The Labute approximate surface area is 215 Å². The van der Waals surface area contributed by atoms with Gasteiger partial charge >= 0.3 is 5.97 Å². The Morgan fingerprint density at radius 3 is 1.78 bits per heavy atom. The fraction of sp³-hybridized carbons (Fsp3) is 0.520. The third-order valence-corrected chi connectivity index (χ3v) is 9.13. The third kappa shape index (κ3) is 6.22. The Morgan fingerprint density at radius 2 is 1.25 bits per heavy atom. The number of carbonyl (C=O) groups excluding carboxylic acids is 2. The third-order valence-electron chi connectivity index (χ3n) is 5.82. The van der Waals surface area contributed by atoms with Crippen LogP contribution in [0, 0.1) is 0 Å². The monoisotopic (exact) mass is 600 g/mol. The van der Waals surface area contributed by atoms with Crippen LogP contribution in [0.1, 0.15) is 98.3 Å². The van der Waals surface area contributed by atoms with E-state index in [0.717, 1.165) is 46.2 Å². The number of hydrogen-bond acceptors (Lipinski definition) is 5. The summed E-state index contributed by atoms with van der Waals surface area (Å²) in [5.74, 6) is -0.205. The lowest BCUT2D eigenvalue weighted by Gasteiger charge is -2.09. The van der Waals surface area contributed by atoms with Crippen LogP contribution in [-0.4, -0.2) is 18.9 Å². The molecule has 0 fully saturated rings. The van der Waals surface area contributed by atoms with Crippen LogP contribution in [0.4, 0.5) is 0 Å². The highest BCUT2D eigenvalue weighted by atomic mass is 79.9. The molecule has 0 aliphatic rings. The molecule has 3 rings (SSSR count). The molecule has 0 aliphatic heterocycles. The highest BCUT2D eigenvalue weighted by molar-refractivity contribution is 9.11. The normalized spacial score (nSPS) is 11.5. The molecule has 2 aromatic heterocycles. The molecule has 0 radical (unpaired) electrons. The van der Waals surface area contributed by atoms with E-state index < -0.39 is 0 Å². The number of ketones is 1. The van der Waals surface area contributed by atoms with E-state index in [1.807, 2.05) is 12.1 Å². The van der Waals surface area contributed by atoms with Crippen LogP contribution >= 0.6 is 54.5 Å². The SMILES string of the molecule is CCCCCCCCCCCCC(=O)c1c2cc(Br)sc2c(C(=O)OC)c2cc(Br)sc12.